The molecular weight excluding hydrogens is 939 g/mol. The zero-order valence-electron chi connectivity index (χ0n) is 41.0. The number of Topliss-reactive ketones (excluding diaryl/α,β-unsaturated/α-hetero) is 1. The van der Waals surface area contributed by atoms with Crippen LogP contribution >= 0.6 is 0 Å². The van der Waals surface area contributed by atoms with E-state index in [2.05, 4.69) is 5.32 Å². The Morgan fingerprint density at radius 1 is 0.764 bits per heavy atom. The maximum Gasteiger partial charge on any atom is 0.350 e. The molecular formula is C53H59NO18. The second-order valence-corrected chi connectivity index (χ2v) is 19.5. The second kappa shape index (κ2) is 20.4. The summed E-state index contributed by atoms with van der Waals surface area (Å²) in [7, 11) is 0. The average molecular weight is 998 g/mol. The van der Waals surface area contributed by atoms with Crippen molar-refractivity contribution in [1.29, 1.82) is 0 Å². The van der Waals surface area contributed by atoms with Crippen LogP contribution in [0.15, 0.2) is 102 Å². The van der Waals surface area contributed by atoms with Crippen LogP contribution in [0.25, 0.3) is 0 Å². The molecule has 6 unspecified atom stereocenters. The lowest BCUT2D eigenvalue weighted by Crippen LogP contribution is -2.82. The summed E-state index contributed by atoms with van der Waals surface area (Å²) >= 11 is 0. The lowest BCUT2D eigenvalue weighted by molar-refractivity contribution is -0.346. The zero-order chi connectivity index (χ0) is 52.7. The van der Waals surface area contributed by atoms with E-state index in [9.17, 15) is 44.1 Å². The third kappa shape index (κ3) is 9.53. The molecule has 0 aromatic heterocycles. The number of rotatable bonds is 14. The van der Waals surface area contributed by atoms with E-state index in [1.807, 2.05) is 0 Å². The van der Waals surface area contributed by atoms with Crippen LogP contribution in [0.3, 0.4) is 0 Å². The largest absolute Gasteiger partial charge is 0.455 e. The van der Waals surface area contributed by atoms with Crippen molar-refractivity contribution in [3.8, 4) is 0 Å². The number of aliphatic hydroxyl groups is 3. The summed E-state index contributed by atoms with van der Waals surface area (Å²) in [6.07, 6.45) is -14.7. The number of amides is 1. The highest BCUT2D eigenvalue weighted by Gasteiger charge is 2.78. The molecule has 3 aromatic carbocycles. The number of benzene rings is 3. The van der Waals surface area contributed by atoms with Gasteiger partial charge in [-0.2, -0.15) is 0 Å². The van der Waals surface area contributed by atoms with Crippen LogP contribution in [0, 0.1) is 16.7 Å². The second-order valence-electron chi connectivity index (χ2n) is 19.5. The summed E-state index contributed by atoms with van der Waals surface area (Å²) in [4.78, 5) is 112. The SMILES string of the molecule is CC(=O)O[C@H]1C(=O)[C@@]2(C)C(C(OC(=O)c3ccccc3)[C@]3(O)CC(OC(=O)[C@H](OC(=O)C(C)OC(=O)C(C)O)C(NC(=O)c4ccccc4)c4ccccc4)C(C)=C1C3(C)C)[C@]1(OC(C)=O)CO[C@@H]1C[C@@H]2O. The predicted octanol–water partition coefficient (Wildman–Crippen LogP) is 3.60. The van der Waals surface area contributed by atoms with Crippen LogP contribution in [0.2, 0.25) is 0 Å². The number of fused-ring (bicyclic) bond motifs is 5. The highest BCUT2D eigenvalue weighted by molar-refractivity contribution is 5.96. The Labute approximate surface area is 415 Å². The maximum atomic E-state index is 15.7. The minimum Gasteiger partial charge on any atom is -0.455 e. The Hall–Kier alpha value is -6.80. The average Bonchev–Trinajstić information content (AvgIpc) is 3.33. The highest BCUT2D eigenvalue weighted by atomic mass is 16.6. The standard InChI is InChI=1S/C53H59NO18/c1-27-35(69-49(64)41(70-47(62)29(3)67-46(61)28(2)55)39(32-18-12-9-13-19-32)54-45(60)33-20-14-10-15-21-33)25-53(65)44(71-48(63)34-22-16-11-17-23-34)42-51(8,36(58)24-37-52(42,26-66-37)72-31(5)57)43(59)40(68-30(4)56)38(27)50(53,6)7/h9-23,28-29,35-37,39-42,44,55,58,65H,24-26H2,1-8H3,(H,54,60)/t28?,29?,35?,36-,37+,39?,40+,41+,42?,44?,51+,52-,53+/m0/s1. The zero-order valence-corrected chi connectivity index (χ0v) is 41.0. The van der Waals surface area contributed by atoms with Crippen molar-refractivity contribution >= 4 is 47.5 Å². The van der Waals surface area contributed by atoms with Gasteiger partial charge in [0.05, 0.1) is 29.6 Å². The van der Waals surface area contributed by atoms with E-state index in [0.29, 0.717) is 0 Å². The van der Waals surface area contributed by atoms with E-state index in [0.717, 1.165) is 27.7 Å². The molecule has 4 aliphatic rings. The number of hydrogen-bond acceptors (Lipinski definition) is 18. The Balaban J connectivity index is 1.42. The van der Waals surface area contributed by atoms with E-state index in [-0.39, 0.29) is 40.9 Å². The van der Waals surface area contributed by atoms with E-state index < -0.39 is 137 Å². The van der Waals surface area contributed by atoms with Gasteiger partial charge in [-0.3, -0.25) is 19.2 Å². The smallest absolute Gasteiger partial charge is 0.350 e. The molecule has 1 saturated heterocycles. The monoisotopic (exact) mass is 997 g/mol. The van der Waals surface area contributed by atoms with Crippen molar-refractivity contribution in [3.05, 3.63) is 119 Å². The number of carbonyl (C=O) groups is 8. The molecule has 3 fully saturated rings. The van der Waals surface area contributed by atoms with Gasteiger partial charge >= 0.3 is 35.8 Å². The molecule has 7 rings (SSSR count). The van der Waals surface area contributed by atoms with E-state index in [1.54, 1.807) is 54.6 Å². The molecule has 1 heterocycles. The van der Waals surface area contributed by atoms with Gasteiger partial charge in [-0.15, -0.1) is 0 Å². The minimum atomic E-state index is -2.52. The number of ketones is 1. The topological polar surface area (TPSA) is 274 Å². The number of esters is 6. The van der Waals surface area contributed by atoms with Gasteiger partial charge in [0.25, 0.3) is 5.91 Å². The molecule has 0 spiro atoms. The summed E-state index contributed by atoms with van der Waals surface area (Å²) in [5.74, 6) is -9.92. The summed E-state index contributed by atoms with van der Waals surface area (Å²) < 4.78 is 41.6. The van der Waals surface area contributed by atoms with Gasteiger partial charge in [0.15, 0.2) is 23.6 Å². The molecule has 1 aliphatic heterocycles. The normalized spacial score (nSPS) is 29.8. The van der Waals surface area contributed by atoms with E-state index in [4.69, 9.17) is 33.2 Å². The van der Waals surface area contributed by atoms with Gasteiger partial charge in [-0.05, 0) is 68.7 Å². The minimum absolute atomic E-state index is 0.0133. The summed E-state index contributed by atoms with van der Waals surface area (Å²) in [6.45, 7) is 9.88. The first kappa shape index (κ1) is 53.0. The van der Waals surface area contributed by atoms with Crippen molar-refractivity contribution in [2.75, 3.05) is 6.61 Å². The van der Waals surface area contributed by atoms with E-state index in [1.165, 1.54) is 64.1 Å². The molecule has 1 amide bonds. The number of nitrogens with one attached hydrogen (secondary N) is 1. The first-order valence-electron chi connectivity index (χ1n) is 23.5. The van der Waals surface area contributed by atoms with Gasteiger partial charge in [0.1, 0.15) is 36.1 Å². The van der Waals surface area contributed by atoms with Crippen LogP contribution in [0.1, 0.15) is 101 Å². The van der Waals surface area contributed by atoms with Gasteiger partial charge in [0, 0.05) is 37.7 Å². The van der Waals surface area contributed by atoms with Crippen molar-refractivity contribution in [2.45, 2.75) is 134 Å². The molecule has 2 saturated carbocycles. The first-order chi connectivity index (χ1) is 33.9. The number of carbonyl (C=O) groups excluding carboxylic acids is 8. The maximum absolute atomic E-state index is 15.7. The Kier molecular flexibility index (Phi) is 15.0. The lowest BCUT2D eigenvalue weighted by atomic mass is 9.44. The van der Waals surface area contributed by atoms with Gasteiger partial charge < -0.3 is 53.8 Å². The molecule has 2 bridgehead atoms. The highest BCUT2D eigenvalue weighted by Crippen LogP contribution is 2.64. The Morgan fingerprint density at radius 2 is 1.35 bits per heavy atom. The molecule has 0 radical (unpaired) electrons. The van der Waals surface area contributed by atoms with Crippen LogP contribution in [-0.4, -0.2) is 129 Å². The fourth-order valence-electron chi connectivity index (χ4n) is 10.8. The Morgan fingerprint density at radius 3 is 1.89 bits per heavy atom. The molecule has 19 nitrogen and oxygen atoms in total. The van der Waals surface area contributed by atoms with Crippen LogP contribution in [0.5, 0.6) is 0 Å². The third-order valence-electron chi connectivity index (χ3n) is 14.7. The fourth-order valence-corrected chi connectivity index (χ4v) is 10.8. The number of aliphatic hydroxyl groups excluding tert-OH is 2. The van der Waals surface area contributed by atoms with Crippen LogP contribution < -0.4 is 5.32 Å². The molecule has 19 heteroatoms. The third-order valence-corrected chi connectivity index (χ3v) is 14.7. The van der Waals surface area contributed by atoms with Crippen LogP contribution in [0.4, 0.5) is 0 Å². The number of hydrogen-bond donors (Lipinski definition) is 4. The molecule has 3 aromatic rings. The van der Waals surface area contributed by atoms with Crippen molar-refractivity contribution in [1.82, 2.24) is 5.32 Å². The lowest BCUT2D eigenvalue weighted by Gasteiger charge is -2.67. The Bertz CT molecular complexity index is 2640. The molecule has 384 valence electrons. The number of ether oxygens (including phenoxy) is 7. The predicted molar refractivity (Wildman–Crippen MR) is 249 cm³/mol. The van der Waals surface area contributed by atoms with Crippen LogP contribution in [-0.2, 0) is 61.9 Å². The molecule has 13 atom stereocenters. The summed E-state index contributed by atoms with van der Waals surface area (Å²) in [5.41, 5.74) is -7.94. The first-order valence-corrected chi connectivity index (χ1v) is 23.5. The molecule has 72 heavy (non-hydrogen) atoms. The van der Waals surface area contributed by atoms with Crippen molar-refractivity contribution in [3.63, 3.8) is 0 Å². The van der Waals surface area contributed by atoms with Gasteiger partial charge in [0.2, 0.25) is 6.10 Å². The summed E-state index contributed by atoms with van der Waals surface area (Å²) in [6, 6.07) is 21.9. The quantitative estimate of drug-likeness (QED) is 0.102. The van der Waals surface area contributed by atoms with E-state index >= 15 is 9.59 Å². The van der Waals surface area contributed by atoms with Crippen molar-refractivity contribution < 1.29 is 86.8 Å². The van der Waals surface area contributed by atoms with Gasteiger partial charge in [-0.25, -0.2) is 19.2 Å². The van der Waals surface area contributed by atoms with Crippen molar-refractivity contribution in [2.24, 2.45) is 16.7 Å². The molecule has 3 aliphatic carbocycles. The fraction of sp³-hybridized carbons (Fsp3) is 0.472. The molecule has 4 N–H and O–H groups in total. The summed E-state index contributed by atoms with van der Waals surface area (Å²) in [5, 5.41) is 38.7. The van der Waals surface area contributed by atoms with Gasteiger partial charge in [-0.1, -0.05) is 80.6 Å².